The lowest BCUT2D eigenvalue weighted by Gasteiger charge is -2.27. The van der Waals surface area contributed by atoms with Gasteiger partial charge < -0.3 is 4.90 Å². The van der Waals surface area contributed by atoms with Gasteiger partial charge in [0, 0.05) is 23.8 Å². The van der Waals surface area contributed by atoms with Crippen LogP contribution in [0.25, 0.3) is 0 Å². The molecule has 1 heterocycles. The number of carbonyl (C=O) groups is 1. The molecule has 0 aliphatic carbocycles. The molecule has 2 heteroatoms. The van der Waals surface area contributed by atoms with Crippen molar-refractivity contribution in [3.05, 3.63) is 29.8 Å². The maximum Gasteiger partial charge on any atom is 0.152 e. The van der Waals surface area contributed by atoms with Gasteiger partial charge in [-0.15, -0.1) is 0 Å². The van der Waals surface area contributed by atoms with Crippen molar-refractivity contribution in [2.24, 2.45) is 0 Å². The first-order valence-corrected chi connectivity index (χ1v) is 5.67. The predicted molar refractivity (Wildman–Crippen MR) is 62.5 cm³/mol. The SMILES string of the molecule is CCC1CCCN1c1ccccc1C=O. The highest BCUT2D eigenvalue weighted by Crippen LogP contribution is 2.29. The smallest absolute Gasteiger partial charge is 0.152 e. The molecule has 0 radical (unpaired) electrons. The van der Waals surface area contributed by atoms with Crippen molar-refractivity contribution >= 4 is 12.0 Å². The Morgan fingerprint density at radius 2 is 2.27 bits per heavy atom. The van der Waals surface area contributed by atoms with E-state index in [9.17, 15) is 4.79 Å². The van der Waals surface area contributed by atoms with Crippen LogP contribution in [0.3, 0.4) is 0 Å². The summed E-state index contributed by atoms with van der Waals surface area (Å²) in [4.78, 5) is 13.3. The molecular formula is C13H17NO. The highest BCUT2D eigenvalue weighted by molar-refractivity contribution is 5.84. The fourth-order valence-corrected chi connectivity index (χ4v) is 2.43. The minimum atomic E-state index is 0.617. The van der Waals surface area contributed by atoms with Crippen LogP contribution in [0.4, 0.5) is 5.69 Å². The highest BCUT2D eigenvalue weighted by atomic mass is 16.1. The summed E-state index contributed by atoms with van der Waals surface area (Å²) in [6, 6.07) is 8.49. The Bertz CT molecular complexity index is 348. The Hall–Kier alpha value is -1.31. The average Bonchev–Trinajstić information content (AvgIpc) is 2.76. The monoisotopic (exact) mass is 203 g/mol. The number of carbonyl (C=O) groups excluding carboxylic acids is 1. The molecule has 0 aromatic heterocycles. The summed E-state index contributed by atoms with van der Waals surface area (Å²) in [6.45, 7) is 3.30. The lowest BCUT2D eigenvalue weighted by atomic mass is 10.1. The van der Waals surface area contributed by atoms with E-state index in [0.29, 0.717) is 6.04 Å². The quantitative estimate of drug-likeness (QED) is 0.704. The fraction of sp³-hybridized carbons (Fsp3) is 0.462. The van der Waals surface area contributed by atoms with Gasteiger partial charge in [-0.2, -0.15) is 0 Å². The van der Waals surface area contributed by atoms with Gasteiger partial charge in [0.2, 0.25) is 0 Å². The van der Waals surface area contributed by atoms with Gasteiger partial charge in [-0.1, -0.05) is 19.1 Å². The molecule has 1 unspecified atom stereocenters. The summed E-state index contributed by atoms with van der Waals surface area (Å²) in [5.41, 5.74) is 1.93. The van der Waals surface area contributed by atoms with Crippen LogP contribution in [0.2, 0.25) is 0 Å². The summed E-state index contributed by atoms with van der Waals surface area (Å²) in [6.07, 6.45) is 4.61. The fourth-order valence-electron chi connectivity index (χ4n) is 2.43. The number of hydrogen-bond acceptors (Lipinski definition) is 2. The molecule has 80 valence electrons. The van der Waals surface area contributed by atoms with Gasteiger partial charge in [0.25, 0.3) is 0 Å². The summed E-state index contributed by atoms with van der Waals surface area (Å²) in [5, 5.41) is 0. The number of benzene rings is 1. The minimum absolute atomic E-state index is 0.617. The summed E-state index contributed by atoms with van der Waals surface area (Å²) < 4.78 is 0. The predicted octanol–water partition coefficient (Wildman–Crippen LogP) is 2.88. The molecule has 2 rings (SSSR count). The van der Waals surface area contributed by atoms with Crippen LogP contribution >= 0.6 is 0 Å². The van der Waals surface area contributed by atoms with Gasteiger partial charge in [-0.25, -0.2) is 0 Å². The van der Waals surface area contributed by atoms with Crippen LogP contribution in [-0.2, 0) is 0 Å². The van der Waals surface area contributed by atoms with Crippen LogP contribution in [0.5, 0.6) is 0 Å². The van der Waals surface area contributed by atoms with Crippen molar-refractivity contribution < 1.29 is 4.79 Å². The van der Waals surface area contributed by atoms with E-state index in [0.717, 1.165) is 30.5 Å². The van der Waals surface area contributed by atoms with Crippen molar-refractivity contribution in [3.8, 4) is 0 Å². The largest absolute Gasteiger partial charge is 0.368 e. The molecule has 1 aromatic carbocycles. The van der Waals surface area contributed by atoms with Crippen LogP contribution in [-0.4, -0.2) is 18.9 Å². The van der Waals surface area contributed by atoms with E-state index in [1.165, 1.54) is 12.8 Å². The third kappa shape index (κ3) is 1.89. The van der Waals surface area contributed by atoms with Gasteiger partial charge in [0.1, 0.15) is 0 Å². The lowest BCUT2D eigenvalue weighted by molar-refractivity contribution is 0.112. The lowest BCUT2D eigenvalue weighted by Crippen LogP contribution is -2.29. The summed E-state index contributed by atoms with van der Waals surface area (Å²) in [5.74, 6) is 0. The zero-order valence-corrected chi connectivity index (χ0v) is 9.15. The van der Waals surface area contributed by atoms with Gasteiger partial charge in [0.15, 0.2) is 6.29 Å². The second-order valence-electron chi connectivity index (χ2n) is 4.07. The average molecular weight is 203 g/mol. The second-order valence-corrected chi connectivity index (χ2v) is 4.07. The minimum Gasteiger partial charge on any atom is -0.368 e. The van der Waals surface area contributed by atoms with Gasteiger partial charge in [0.05, 0.1) is 0 Å². The zero-order chi connectivity index (χ0) is 10.7. The topological polar surface area (TPSA) is 20.3 Å². The Labute approximate surface area is 90.9 Å². The standard InChI is InChI=1S/C13H17NO/c1-2-12-7-5-9-14(12)13-8-4-3-6-11(13)10-15/h3-4,6,8,10,12H,2,5,7,9H2,1H3. The highest BCUT2D eigenvalue weighted by Gasteiger charge is 2.24. The zero-order valence-electron chi connectivity index (χ0n) is 9.15. The van der Waals surface area contributed by atoms with Gasteiger partial charge in [-0.05, 0) is 31.4 Å². The molecule has 1 saturated heterocycles. The molecule has 1 atom stereocenters. The van der Waals surface area contributed by atoms with E-state index in [4.69, 9.17) is 0 Å². The van der Waals surface area contributed by atoms with Crippen LogP contribution in [0.1, 0.15) is 36.5 Å². The number of hydrogen-bond donors (Lipinski definition) is 0. The number of para-hydroxylation sites is 1. The number of aldehydes is 1. The van der Waals surface area contributed by atoms with Crippen LogP contribution < -0.4 is 4.90 Å². The maximum absolute atomic E-state index is 11.0. The molecule has 1 aliphatic rings. The van der Waals surface area contributed by atoms with Crippen molar-refractivity contribution in [2.75, 3.05) is 11.4 Å². The molecule has 0 N–H and O–H groups in total. The second kappa shape index (κ2) is 4.47. The van der Waals surface area contributed by atoms with Crippen molar-refractivity contribution in [3.63, 3.8) is 0 Å². The van der Waals surface area contributed by atoms with E-state index in [2.05, 4.69) is 17.9 Å². The summed E-state index contributed by atoms with van der Waals surface area (Å²) in [7, 11) is 0. The normalized spacial score (nSPS) is 20.6. The summed E-state index contributed by atoms with van der Waals surface area (Å²) >= 11 is 0. The number of anilines is 1. The molecule has 0 amide bonds. The molecule has 2 nitrogen and oxygen atoms in total. The van der Waals surface area contributed by atoms with Crippen LogP contribution in [0, 0.1) is 0 Å². The first-order valence-electron chi connectivity index (χ1n) is 5.67. The number of nitrogens with zero attached hydrogens (tertiary/aromatic N) is 1. The van der Waals surface area contributed by atoms with Crippen molar-refractivity contribution in [1.29, 1.82) is 0 Å². The van der Waals surface area contributed by atoms with Crippen molar-refractivity contribution in [2.45, 2.75) is 32.2 Å². The Kier molecular flexibility index (Phi) is 3.05. The van der Waals surface area contributed by atoms with Crippen molar-refractivity contribution in [1.82, 2.24) is 0 Å². The third-order valence-electron chi connectivity index (χ3n) is 3.22. The molecule has 0 bridgehead atoms. The Morgan fingerprint density at radius 1 is 1.47 bits per heavy atom. The molecule has 1 fully saturated rings. The Morgan fingerprint density at radius 3 is 3.00 bits per heavy atom. The van der Waals surface area contributed by atoms with Gasteiger partial charge >= 0.3 is 0 Å². The first kappa shape index (κ1) is 10.2. The van der Waals surface area contributed by atoms with Crippen LogP contribution in [0.15, 0.2) is 24.3 Å². The maximum atomic E-state index is 11.0. The van der Waals surface area contributed by atoms with E-state index in [-0.39, 0.29) is 0 Å². The van der Waals surface area contributed by atoms with E-state index < -0.39 is 0 Å². The molecule has 1 aliphatic heterocycles. The Balaban J connectivity index is 2.31. The van der Waals surface area contributed by atoms with E-state index >= 15 is 0 Å². The number of rotatable bonds is 3. The van der Waals surface area contributed by atoms with Gasteiger partial charge in [-0.3, -0.25) is 4.79 Å². The molecule has 15 heavy (non-hydrogen) atoms. The van der Waals surface area contributed by atoms with E-state index in [1.807, 2.05) is 18.2 Å². The molecule has 0 saturated carbocycles. The molecule has 0 spiro atoms. The first-order chi connectivity index (χ1) is 7.36. The third-order valence-corrected chi connectivity index (χ3v) is 3.22. The molecular weight excluding hydrogens is 186 g/mol. The molecule has 1 aromatic rings. The van der Waals surface area contributed by atoms with E-state index in [1.54, 1.807) is 0 Å².